The molecule has 1 aromatic carbocycles. The van der Waals surface area contributed by atoms with Crippen molar-refractivity contribution in [3.63, 3.8) is 0 Å². The van der Waals surface area contributed by atoms with E-state index in [0.29, 0.717) is 23.2 Å². The van der Waals surface area contributed by atoms with E-state index in [9.17, 15) is 4.39 Å². The number of halogens is 2. The van der Waals surface area contributed by atoms with Crippen molar-refractivity contribution in [1.29, 1.82) is 0 Å². The average Bonchev–Trinajstić information content (AvgIpc) is 3.15. The van der Waals surface area contributed by atoms with Gasteiger partial charge in [-0.05, 0) is 55.6 Å². The van der Waals surface area contributed by atoms with E-state index in [1.807, 2.05) is 17.8 Å². The molecule has 1 aliphatic rings. The number of benzene rings is 1. The maximum atomic E-state index is 13.7. The number of hydrogen-bond acceptors (Lipinski definition) is 1. The Bertz CT molecular complexity index is 604. The Morgan fingerprint density at radius 1 is 1.40 bits per heavy atom. The first-order valence-corrected chi connectivity index (χ1v) is 7.32. The largest absolute Gasteiger partial charge is 0.349 e. The van der Waals surface area contributed by atoms with Crippen LogP contribution in [0.5, 0.6) is 0 Å². The summed E-state index contributed by atoms with van der Waals surface area (Å²) in [5.74, 6) is 0.538. The van der Waals surface area contributed by atoms with Crippen molar-refractivity contribution in [2.75, 3.05) is 7.05 Å². The lowest BCUT2D eigenvalue weighted by molar-refractivity contribution is 0.527. The Kier molecular flexibility index (Phi) is 3.81. The van der Waals surface area contributed by atoms with Gasteiger partial charge < -0.3 is 9.88 Å². The number of nitrogens with zero attached hydrogens (tertiary/aromatic N) is 1. The zero-order chi connectivity index (χ0) is 14.1. The molecule has 1 fully saturated rings. The van der Waals surface area contributed by atoms with Gasteiger partial charge in [-0.3, -0.25) is 0 Å². The standard InChI is InChI=1S/C16H18ClFN2/c1-19-16(11-2-3-11)12-6-7-20(9-12)10-13-8-14(17)4-5-15(13)18/h4-9,11,16,19H,2-3,10H2,1H3. The molecule has 1 N–H and O–H groups in total. The second-order valence-corrected chi connectivity index (χ2v) is 5.89. The summed E-state index contributed by atoms with van der Waals surface area (Å²) in [6.07, 6.45) is 6.68. The van der Waals surface area contributed by atoms with E-state index >= 15 is 0 Å². The van der Waals surface area contributed by atoms with E-state index in [1.165, 1.54) is 24.5 Å². The van der Waals surface area contributed by atoms with E-state index in [4.69, 9.17) is 11.6 Å². The topological polar surface area (TPSA) is 17.0 Å². The van der Waals surface area contributed by atoms with Crippen LogP contribution in [-0.2, 0) is 6.54 Å². The monoisotopic (exact) mass is 292 g/mol. The summed E-state index contributed by atoms with van der Waals surface area (Å²) in [5, 5.41) is 3.94. The van der Waals surface area contributed by atoms with Gasteiger partial charge in [-0.25, -0.2) is 4.39 Å². The Morgan fingerprint density at radius 2 is 2.20 bits per heavy atom. The quantitative estimate of drug-likeness (QED) is 0.881. The Morgan fingerprint density at radius 3 is 2.90 bits per heavy atom. The van der Waals surface area contributed by atoms with Crippen molar-refractivity contribution in [2.24, 2.45) is 5.92 Å². The molecule has 0 bridgehead atoms. The lowest BCUT2D eigenvalue weighted by Gasteiger charge is -2.13. The Labute approximate surface area is 123 Å². The van der Waals surface area contributed by atoms with Crippen molar-refractivity contribution >= 4 is 11.6 Å². The third-order valence-corrected chi connectivity index (χ3v) is 4.13. The Hall–Kier alpha value is -1.32. The van der Waals surface area contributed by atoms with Crippen LogP contribution in [0.2, 0.25) is 5.02 Å². The van der Waals surface area contributed by atoms with Crippen molar-refractivity contribution in [3.8, 4) is 0 Å². The minimum Gasteiger partial charge on any atom is -0.349 e. The minimum atomic E-state index is -0.211. The van der Waals surface area contributed by atoms with Crippen LogP contribution in [0.25, 0.3) is 0 Å². The maximum Gasteiger partial charge on any atom is 0.128 e. The molecule has 0 aliphatic heterocycles. The molecule has 20 heavy (non-hydrogen) atoms. The van der Waals surface area contributed by atoms with Crippen molar-refractivity contribution < 1.29 is 4.39 Å². The van der Waals surface area contributed by atoms with Crippen LogP contribution in [0, 0.1) is 11.7 Å². The number of nitrogens with one attached hydrogen (secondary N) is 1. The number of aromatic nitrogens is 1. The second kappa shape index (κ2) is 5.58. The van der Waals surface area contributed by atoms with Gasteiger partial charge in [0.2, 0.25) is 0 Å². The summed E-state index contributed by atoms with van der Waals surface area (Å²) >= 11 is 5.93. The number of hydrogen-bond donors (Lipinski definition) is 1. The second-order valence-electron chi connectivity index (χ2n) is 5.46. The molecule has 1 heterocycles. The predicted octanol–water partition coefficient (Wildman–Crippen LogP) is 4.00. The van der Waals surface area contributed by atoms with Gasteiger partial charge in [0.1, 0.15) is 5.82 Å². The van der Waals surface area contributed by atoms with Gasteiger partial charge in [-0.1, -0.05) is 11.6 Å². The zero-order valence-corrected chi connectivity index (χ0v) is 12.2. The fourth-order valence-electron chi connectivity index (χ4n) is 2.71. The van der Waals surface area contributed by atoms with Crippen molar-refractivity contribution in [2.45, 2.75) is 25.4 Å². The molecule has 2 aromatic rings. The van der Waals surface area contributed by atoms with E-state index in [2.05, 4.69) is 17.6 Å². The highest BCUT2D eigenvalue weighted by atomic mass is 35.5. The lowest BCUT2D eigenvalue weighted by Crippen LogP contribution is -2.17. The Balaban J connectivity index is 1.78. The molecule has 0 amide bonds. The molecule has 0 radical (unpaired) electrons. The van der Waals surface area contributed by atoms with E-state index in [1.54, 1.807) is 12.1 Å². The van der Waals surface area contributed by atoms with Crippen molar-refractivity contribution in [3.05, 3.63) is 58.6 Å². The molecule has 1 atom stereocenters. The van der Waals surface area contributed by atoms with E-state index < -0.39 is 0 Å². The maximum absolute atomic E-state index is 13.7. The summed E-state index contributed by atoms with van der Waals surface area (Å²) < 4.78 is 15.8. The van der Waals surface area contributed by atoms with Crippen LogP contribution in [0.1, 0.15) is 30.0 Å². The minimum absolute atomic E-state index is 0.211. The molecule has 0 spiro atoms. The van der Waals surface area contributed by atoms with Gasteiger partial charge in [0.05, 0.1) is 0 Å². The molecule has 1 unspecified atom stereocenters. The fraction of sp³-hybridized carbons (Fsp3) is 0.375. The van der Waals surface area contributed by atoms with Crippen molar-refractivity contribution in [1.82, 2.24) is 9.88 Å². The SMILES string of the molecule is CNC(c1ccn(Cc2cc(Cl)ccc2F)c1)C1CC1. The summed E-state index contributed by atoms with van der Waals surface area (Å²) in [6, 6.07) is 7.21. The van der Waals surface area contributed by atoms with Crippen LogP contribution in [0.15, 0.2) is 36.7 Å². The number of rotatable bonds is 5. The smallest absolute Gasteiger partial charge is 0.128 e. The van der Waals surface area contributed by atoms with Gasteiger partial charge in [-0.15, -0.1) is 0 Å². The molecule has 0 saturated heterocycles. The molecule has 1 saturated carbocycles. The normalized spacial score (nSPS) is 16.4. The van der Waals surface area contributed by atoms with Crippen LogP contribution < -0.4 is 5.32 Å². The summed E-state index contributed by atoms with van der Waals surface area (Å²) in [7, 11) is 2.00. The molecule has 4 heteroatoms. The van der Waals surface area contributed by atoms with Crippen LogP contribution in [-0.4, -0.2) is 11.6 Å². The van der Waals surface area contributed by atoms with E-state index in [0.717, 1.165) is 5.92 Å². The first kappa shape index (κ1) is 13.7. The average molecular weight is 293 g/mol. The lowest BCUT2D eigenvalue weighted by atomic mass is 10.1. The van der Waals surface area contributed by atoms with Crippen LogP contribution >= 0.6 is 11.6 Å². The highest BCUT2D eigenvalue weighted by Gasteiger charge is 2.31. The molecule has 106 valence electrons. The van der Waals surface area contributed by atoms with Gasteiger partial charge in [-0.2, -0.15) is 0 Å². The summed E-state index contributed by atoms with van der Waals surface area (Å²) in [6.45, 7) is 0.507. The van der Waals surface area contributed by atoms with Gasteiger partial charge in [0.25, 0.3) is 0 Å². The van der Waals surface area contributed by atoms with Gasteiger partial charge in [0, 0.05) is 35.6 Å². The first-order chi connectivity index (χ1) is 9.67. The van der Waals surface area contributed by atoms with Gasteiger partial charge in [0.15, 0.2) is 0 Å². The third-order valence-electron chi connectivity index (χ3n) is 3.90. The molecule has 1 aliphatic carbocycles. The highest BCUT2D eigenvalue weighted by molar-refractivity contribution is 6.30. The first-order valence-electron chi connectivity index (χ1n) is 6.94. The van der Waals surface area contributed by atoms with Gasteiger partial charge >= 0.3 is 0 Å². The third kappa shape index (κ3) is 2.89. The summed E-state index contributed by atoms with van der Waals surface area (Å²) in [5.41, 5.74) is 1.89. The highest BCUT2D eigenvalue weighted by Crippen LogP contribution is 2.40. The molecule has 2 nitrogen and oxygen atoms in total. The predicted molar refractivity (Wildman–Crippen MR) is 79.5 cm³/mol. The molecule has 1 aromatic heterocycles. The fourth-order valence-corrected chi connectivity index (χ4v) is 2.90. The molecule has 3 rings (SSSR count). The molecular weight excluding hydrogens is 275 g/mol. The van der Waals surface area contributed by atoms with E-state index in [-0.39, 0.29) is 5.82 Å². The zero-order valence-electron chi connectivity index (χ0n) is 11.4. The van der Waals surface area contributed by atoms with Crippen LogP contribution in [0.3, 0.4) is 0 Å². The molecular formula is C16H18ClFN2. The van der Waals surface area contributed by atoms with Crippen LogP contribution in [0.4, 0.5) is 4.39 Å². The summed E-state index contributed by atoms with van der Waals surface area (Å²) in [4.78, 5) is 0.